The Kier molecular flexibility index (Phi) is 4.06. The van der Waals surface area contributed by atoms with E-state index in [1.54, 1.807) is 5.38 Å². The zero-order valence-electron chi connectivity index (χ0n) is 10.0. The van der Waals surface area contributed by atoms with Gasteiger partial charge in [0.1, 0.15) is 0 Å². The van der Waals surface area contributed by atoms with Crippen molar-refractivity contribution >= 4 is 17.4 Å². The van der Waals surface area contributed by atoms with Gasteiger partial charge in [-0.3, -0.25) is 4.79 Å². The van der Waals surface area contributed by atoms with E-state index in [4.69, 9.17) is 5.73 Å². The van der Waals surface area contributed by atoms with Crippen molar-refractivity contribution in [3.05, 3.63) is 11.1 Å². The van der Waals surface area contributed by atoms with Crippen LogP contribution in [-0.2, 0) is 0 Å². The van der Waals surface area contributed by atoms with Crippen molar-refractivity contribution in [2.75, 3.05) is 6.54 Å². The molecule has 0 unspecified atom stereocenters. The molecule has 0 aromatic carbocycles. The number of nitrogens with zero attached hydrogens (tertiary/aromatic N) is 3. The van der Waals surface area contributed by atoms with Gasteiger partial charge in [0.15, 0.2) is 5.69 Å². The van der Waals surface area contributed by atoms with E-state index in [1.807, 2.05) is 11.8 Å². The molecule has 0 saturated heterocycles. The van der Waals surface area contributed by atoms with Gasteiger partial charge in [0.2, 0.25) is 0 Å². The summed E-state index contributed by atoms with van der Waals surface area (Å²) in [5, 5.41) is 5.56. The van der Waals surface area contributed by atoms with Crippen LogP contribution in [0.5, 0.6) is 0 Å². The van der Waals surface area contributed by atoms with Crippen LogP contribution >= 0.6 is 11.5 Å². The lowest BCUT2D eigenvalue weighted by atomic mass is 9.90. The van der Waals surface area contributed by atoms with Crippen molar-refractivity contribution < 1.29 is 4.79 Å². The van der Waals surface area contributed by atoms with Crippen molar-refractivity contribution in [3.63, 3.8) is 0 Å². The van der Waals surface area contributed by atoms with Crippen LogP contribution in [0.25, 0.3) is 0 Å². The Morgan fingerprint density at radius 2 is 2.24 bits per heavy atom. The summed E-state index contributed by atoms with van der Waals surface area (Å²) in [6, 6.07) is 0.620. The van der Waals surface area contributed by atoms with Crippen LogP contribution in [0.1, 0.15) is 43.1 Å². The second kappa shape index (κ2) is 5.55. The summed E-state index contributed by atoms with van der Waals surface area (Å²) >= 11 is 1.21. The highest BCUT2D eigenvalue weighted by Crippen LogP contribution is 2.23. The maximum Gasteiger partial charge on any atom is 0.275 e. The van der Waals surface area contributed by atoms with Gasteiger partial charge in [-0.1, -0.05) is 4.49 Å². The standard InChI is InChI=1S/C11H18N4OS/c1-2-15(9-5-3-8(12)4-6-9)11(16)10-7-17-14-13-10/h7-9H,2-6,12H2,1H3. The van der Waals surface area contributed by atoms with Gasteiger partial charge in [0, 0.05) is 24.0 Å². The lowest BCUT2D eigenvalue weighted by Crippen LogP contribution is -2.44. The molecule has 5 nitrogen and oxygen atoms in total. The number of carbonyl (C=O) groups excluding carboxylic acids is 1. The molecule has 0 spiro atoms. The first-order chi connectivity index (χ1) is 8.22. The molecule has 1 aliphatic carbocycles. The first-order valence-electron chi connectivity index (χ1n) is 6.06. The van der Waals surface area contributed by atoms with Gasteiger partial charge in [0.05, 0.1) is 0 Å². The Labute approximate surface area is 105 Å². The number of carbonyl (C=O) groups is 1. The highest BCUT2D eigenvalue weighted by Gasteiger charge is 2.28. The van der Waals surface area contributed by atoms with Crippen molar-refractivity contribution in [3.8, 4) is 0 Å². The largest absolute Gasteiger partial charge is 0.335 e. The van der Waals surface area contributed by atoms with Gasteiger partial charge < -0.3 is 10.6 Å². The maximum atomic E-state index is 12.2. The Bertz CT molecular complexity index is 360. The van der Waals surface area contributed by atoms with Gasteiger partial charge in [-0.25, -0.2) is 0 Å². The SMILES string of the molecule is CCN(C(=O)c1csnn1)C1CCC(N)CC1. The topological polar surface area (TPSA) is 72.1 Å². The van der Waals surface area contributed by atoms with Crippen molar-refractivity contribution in [1.29, 1.82) is 0 Å². The van der Waals surface area contributed by atoms with E-state index in [2.05, 4.69) is 9.59 Å². The van der Waals surface area contributed by atoms with Crippen LogP contribution in [0, 0.1) is 0 Å². The Morgan fingerprint density at radius 1 is 1.53 bits per heavy atom. The molecular formula is C11H18N4OS. The lowest BCUT2D eigenvalue weighted by molar-refractivity contribution is 0.0634. The summed E-state index contributed by atoms with van der Waals surface area (Å²) in [5.41, 5.74) is 6.35. The van der Waals surface area contributed by atoms with E-state index >= 15 is 0 Å². The smallest absolute Gasteiger partial charge is 0.275 e. The lowest BCUT2D eigenvalue weighted by Gasteiger charge is -2.35. The number of hydrogen-bond donors (Lipinski definition) is 1. The molecule has 94 valence electrons. The highest BCUT2D eigenvalue weighted by atomic mass is 32.1. The van der Waals surface area contributed by atoms with Crippen molar-refractivity contribution in [1.82, 2.24) is 14.5 Å². The summed E-state index contributed by atoms with van der Waals surface area (Å²) in [6.45, 7) is 2.72. The van der Waals surface area contributed by atoms with Gasteiger partial charge in [-0.2, -0.15) is 0 Å². The van der Waals surface area contributed by atoms with Crippen LogP contribution in [0.15, 0.2) is 5.38 Å². The average Bonchev–Trinajstić information content (AvgIpc) is 2.86. The molecular weight excluding hydrogens is 236 g/mol. The molecule has 0 aliphatic heterocycles. The first-order valence-corrected chi connectivity index (χ1v) is 6.89. The fraction of sp³-hybridized carbons (Fsp3) is 0.727. The third-order valence-corrected chi connectivity index (χ3v) is 3.87. The van der Waals surface area contributed by atoms with Gasteiger partial charge in [0.25, 0.3) is 5.91 Å². The van der Waals surface area contributed by atoms with Crippen molar-refractivity contribution in [2.45, 2.75) is 44.7 Å². The monoisotopic (exact) mass is 254 g/mol. The van der Waals surface area contributed by atoms with E-state index in [-0.39, 0.29) is 5.91 Å². The maximum absolute atomic E-state index is 12.2. The first kappa shape index (κ1) is 12.4. The van der Waals surface area contributed by atoms with Gasteiger partial charge >= 0.3 is 0 Å². The zero-order valence-corrected chi connectivity index (χ0v) is 10.8. The molecule has 1 aromatic heterocycles. The van der Waals surface area contributed by atoms with Crippen LogP contribution in [0.2, 0.25) is 0 Å². The summed E-state index contributed by atoms with van der Waals surface area (Å²) in [6.07, 6.45) is 4.00. The van der Waals surface area contributed by atoms with Crippen LogP contribution in [0.3, 0.4) is 0 Å². The van der Waals surface area contributed by atoms with Crippen LogP contribution < -0.4 is 5.73 Å². The Morgan fingerprint density at radius 3 is 2.76 bits per heavy atom. The molecule has 0 radical (unpaired) electrons. The number of amides is 1. The van der Waals surface area contributed by atoms with Gasteiger partial charge in [-0.15, -0.1) is 5.10 Å². The quantitative estimate of drug-likeness (QED) is 0.881. The fourth-order valence-electron chi connectivity index (χ4n) is 2.39. The van der Waals surface area contributed by atoms with E-state index in [9.17, 15) is 4.79 Å². The minimum atomic E-state index is 0.00159. The number of aromatic nitrogens is 2. The molecule has 1 heterocycles. The summed E-state index contributed by atoms with van der Waals surface area (Å²) in [4.78, 5) is 14.1. The highest BCUT2D eigenvalue weighted by molar-refractivity contribution is 7.03. The zero-order chi connectivity index (χ0) is 12.3. The molecule has 1 aromatic rings. The molecule has 1 amide bonds. The van der Waals surface area contributed by atoms with Gasteiger partial charge in [-0.05, 0) is 44.1 Å². The number of rotatable bonds is 3. The van der Waals surface area contributed by atoms with Crippen LogP contribution in [0.4, 0.5) is 0 Å². The summed E-state index contributed by atoms with van der Waals surface area (Å²) in [7, 11) is 0. The van der Waals surface area contributed by atoms with E-state index in [1.165, 1.54) is 11.5 Å². The Balaban J connectivity index is 2.03. The minimum absolute atomic E-state index is 0.00159. The molecule has 0 bridgehead atoms. The summed E-state index contributed by atoms with van der Waals surface area (Å²) in [5.74, 6) is 0.00159. The third kappa shape index (κ3) is 2.81. The Hall–Kier alpha value is -1.01. The summed E-state index contributed by atoms with van der Waals surface area (Å²) < 4.78 is 3.74. The average molecular weight is 254 g/mol. The van der Waals surface area contributed by atoms with E-state index in [0.717, 1.165) is 32.2 Å². The third-order valence-electron chi connectivity index (χ3n) is 3.36. The molecule has 2 N–H and O–H groups in total. The molecule has 17 heavy (non-hydrogen) atoms. The molecule has 0 atom stereocenters. The van der Waals surface area contributed by atoms with Crippen molar-refractivity contribution in [2.24, 2.45) is 5.73 Å². The predicted molar refractivity (Wildman–Crippen MR) is 66.9 cm³/mol. The minimum Gasteiger partial charge on any atom is -0.335 e. The second-order valence-electron chi connectivity index (χ2n) is 4.45. The molecule has 1 saturated carbocycles. The number of nitrogens with two attached hydrogens (primary N) is 1. The van der Waals surface area contributed by atoms with E-state index in [0.29, 0.717) is 17.8 Å². The second-order valence-corrected chi connectivity index (χ2v) is 5.06. The molecule has 6 heteroatoms. The molecule has 1 fully saturated rings. The van der Waals surface area contributed by atoms with Crippen LogP contribution in [-0.4, -0.2) is 39.0 Å². The molecule has 2 rings (SSSR count). The predicted octanol–water partition coefficient (Wildman–Crippen LogP) is 1.27. The van der Waals surface area contributed by atoms with E-state index < -0.39 is 0 Å². The molecule has 1 aliphatic rings. The normalized spacial score (nSPS) is 24.6. The fourth-order valence-corrected chi connectivity index (χ4v) is 2.82. The number of hydrogen-bond acceptors (Lipinski definition) is 5.